The normalized spacial score (nSPS) is 9.00. The van der Waals surface area contributed by atoms with Crippen molar-refractivity contribution < 1.29 is 28.9 Å². The number of esters is 2. The molecular formula is C19H18O6. The van der Waals surface area contributed by atoms with Gasteiger partial charge >= 0.3 is 11.9 Å². The summed E-state index contributed by atoms with van der Waals surface area (Å²) in [5.74, 6) is 2.13. The molecule has 0 atom stereocenters. The second-order valence-corrected chi connectivity index (χ2v) is 4.55. The maximum absolute atomic E-state index is 11.1. The molecule has 0 fully saturated rings. The zero-order chi connectivity index (χ0) is 18.7. The van der Waals surface area contributed by atoms with Gasteiger partial charge in [-0.05, 0) is 36.4 Å². The maximum atomic E-state index is 11.1. The molecule has 0 aromatic heterocycles. The molecule has 2 rings (SSSR count). The minimum Gasteiger partial charge on any atom is -0.508 e. The first-order valence-corrected chi connectivity index (χ1v) is 7.13. The second-order valence-electron chi connectivity index (χ2n) is 4.55. The molecule has 0 spiro atoms. The van der Waals surface area contributed by atoms with Gasteiger partial charge in [0.1, 0.15) is 18.1 Å². The standard InChI is InChI=1S/C11H10O3.C8H8O3/c1-3-7-14-10-6-4-5-9(8-10)11(12)13-2;1-11-8(10)6-3-2-4-7(9)5-6/h1,4-6,8H,7H2,2H3;2-5,9H,1H3. The second kappa shape index (κ2) is 10.3. The highest BCUT2D eigenvalue weighted by molar-refractivity contribution is 5.90. The summed E-state index contributed by atoms with van der Waals surface area (Å²) in [5.41, 5.74) is 0.800. The van der Waals surface area contributed by atoms with Crippen LogP contribution >= 0.6 is 0 Å². The summed E-state index contributed by atoms with van der Waals surface area (Å²) in [6, 6.07) is 12.7. The first kappa shape index (κ1) is 19.6. The summed E-state index contributed by atoms with van der Waals surface area (Å²) < 4.78 is 14.1. The number of ether oxygens (including phenoxy) is 3. The molecule has 2 aromatic carbocycles. The predicted octanol–water partition coefficient (Wildman–Crippen LogP) is 2.66. The summed E-state index contributed by atoms with van der Waals surface area (Å²) in [7, 11) is 2.63. The molecule has 0 aliphatic rings. The average Bonchev–Trinajstić information content (AvgIpc) is 2.65. The number of phenols is 1. The van der Waals surface area contributed by atoms with E-state index in [9.17, 15) is 9.59 Å². The molecule has 0 saturated carbocycles. The van der Waals surface area contributed by atoms with Gasteiger partial charge in [-0.15, -0.1) is 6.42 Å². The molecule has 1 N–H and O–H groups in total. The predicted molar refractivity (Wildman–Crippen MR) is 91.6 cm³/mol. The van der Waals surface area contributed by atoms with Crippen molar-refractivity contribution in [2.24, 2.45) is 0 Å². The summed E-state index contributed by atoms with van der Waals surface area (Å²) in [4.78, 5) is 22.0. The number of hydrogen-bond donors (Lipinski definition) is 1. The number of carbonyl (C=O) groups excluding carboxylic acids is 2. The lowest BCUT2D eigenvalue weighted by atomic mass is 10.2. The van der Waals surface area contributed by atoms with E-state index in [1.54, 1.807) is 36.4 Å². The van der Waals surface area contributed by atoms with Crippen LogP contribution < -0.4 is 4.74 Å². The fourth-order valence-corrected chi connectivity index (χ4v) is 1.71. The van der Waals surface area contributed by atoms with Crippen molar-refractivity contribution >= 4 is 11.9 Å². The Kier molecular flexibility index (Phi) is 8.10. The van der Waals surface area contributed by atoms with Gasteiger partial charge in [0.25, 0.3) is 0 Å². The van der Waals surface area contributed by atoms with Crippen molar-refractivity contribution in [3.05, 3.63) is 59.7 Å². The van der Waals surface area contributed by atoms with E-state index in [1.807, 2.05) is 0 Å². The Hall–Kier alpha value is -3.46. The molecule has 6 nitrogen and oxygen atoms in total. The molecule has 25 heavy (non-hydrogen) atoms. The Bertz CT molecular complexity index is 761. The zero-order valence-electron chi connectivity index (χ0n) is 13.9. The Morgan fingerprint density at radius 2 is 1.56 bits per heavy atom. The van der Waals surface area contributed by atoms with Gasteiger partial charge in [0, 0.05) is 0 Å². The van der Waals surface area contributed by atoms with Crippen LogP contribution in [-0.2, 0) is 9.47 Å². The van der Waals surface area contributed by atoms with Crippen LogP contribution in [0.3, 0.4) is 0 Å². The number of phenolic OH excluding ortho intramolecular Hbond substituents is 1. The van der Waals surface area contributed by atoms with Gasteiger partial charge in [0.2, 0.25) is 0 Å². The third-order valence-corrected chi connectivity index (χ3v) is 2.84. The zero-order valence-corrected chi connectivity index (χ0v) is 13.9. The van der Waals surface area contributed by atoms with E-state index in [0.29, 0.717) is 16.9 Å². The molecule has 0 aliphatic heterocycles. The van der Waals surface area contributed by atoms with E-state index in [-0.39, 0.29) is 12.4 Å². The fourth-order valence-electron chi connectivity index (χ4n) is 1.71. The van der Waals surface area contributed by atoms with Crippen molar-refractivity contribution in [1.82, 2.24) is 0 Å². The molecule has 0 saturated heterocycles. The minimum atomic E-state index is -0.444. The largest absolute Gasteiger partial charge is 0.508 e. The highest BCUT2D eigenvalue weighted by Crippen LogP contribution is 2.13. The first-order valence-electron chi connectivity index (χ1n) is 7.13. The maximum Gasteiger partial charge on any atom is 0.337 e. The number of carbonyl (C=O) groups is 2. The number of hydrogen-bond acceptors (Lipinski definition) is 6. The van der Waals surface area contributed by atoms with E-state index < -0.39 is 11.9 Å². The molecule has 6 heteroatoms. The van der Waals surface area contributed by atoms with Crippen LogP contribution in [0.1, 0.15) is 20.7 Å². The number of benzene rings is 2. The summed E-state index contributed by atoms with van der Waals surface area (Å²) >= 11 is 0. The van der Waals surface area contributed by atoms with Gasteiger partial charge < -0.3 is 19.3 Å². The Labute approximate surface area is 146 Å². The molecule has 0 heterocycles. The Morgan fingerprint density at radius 3 is 2.08 bits per heavy atom. The van der Waals surface area contributed by atoms with E-state index >= 15 is 0 Å². The van der Waals surface area contributed by atoms with Gasteiger partial charge in [0.15, 0.2) is 0 Å². The number of rotatable bonds is 4. The minimum absolute atomic E-state index is 0.0629. The molecule has 0 radical (unpaired) electrons. The van der Waals surface area contributed by atoms with Gasteiger partial charge in [-0.3, -0.25) is 0 Å². The summed E-state index contributed by atoms with van der Waals surface area (Å²) in [5, 5.41) is 8.95. The Balaban J connectivity index is 0.000000257. The fraction of sp³-hybridized carbons (Fsp3) is 0.158. The lowest BCUT2D eigenvalue weighted by molar-refractivity contribution is 0.0591. The molecular weight excluding hydrogens is 324 g/mol. The van der Waals surface area contributed by atoms with Crippen LogP contribution in [0, 0.1) is 12.3 Å². The van der Waals surface area contributed by atoms with Gasteiger partial charge in [-0.1, -0.05) is 18.1 Å². The van der Waals surface area contributed by atoms with Crippen LogP contribution in [0.5, 0.6) is 11.5 Å². The molecule has 0 amide bonds. The molecule has 0 bridgehead atoms. The van der Waals surface area contributed by atoms with Crippen molar-refractivity contribution in [3.63, 3.8) is 0 Å². The molecule has 0 aliphatic carbocycles. The van der Waals surface area contributed by atoms with E-state index in [2.05, 4.69) is 15.4 Å². The highest BCUT2D eigenvalue weighted by atomic mass is 16.5. The van der Waals surface area contributed by atoms with Gasteiger partial charge in [-0.25, -0.2) is 9.59 Å². The number of methoxy groups -OCH3 is 2. The van der Waals surface area contributed by atoms with Crippen molar-refractivity contribution in [2.75, 3.05) is 20.8 Å². The summed E-state index contributed by atoms with van der Waals surface area (Å²) in [6.45, 7) is 0.185. The smallest absolute Gasteiger partial charge is 0.337 e. The SMILES string of the molecule is C#CCOc1cccc(C(=O)OC)c1.COC(=O)c1cccc(O)c1. The number of aromatic hydroxyl groups is 1. The lowest BCUT2D eigenvalue weighted by Crippen LogP contribution is -2.01. The molecule has 130 valence electrons. The van der Waals surface area contributed by atoms with Crippen molar-refractivity contribution in [3.8, 4) is 23.8 Å². The van der Waals surface area contributed by atoms with Gasteiger partial charge in [0.05, 0.1) is 25.3 Å². The van der Waals surface area contributed by atoms with E-state index in [4.69, 9.17) is 16.3 Å². The molecule has 0 unspecified atom stereocenters. The highest BCUT2D eigenvalue weighted by Gasteiger charge is 2.05. The Morgan fingerprint density at radius 1 is 1.00 bits per heavy atom. The lowest BCUT2D eigenvalue weighted by Gasteiger charge is -2.03. The number of terminal acetylenes is 1. The van der Waals surface area contributed by atoms with E-state index in [1.165, 1.54) is 26.4 Å². The van der Waals surface area contributed by atoms with E-state index in [0.717, 1.165) is 0 Å². The van der Waals surface area contributed by atoms with Crippen LogP contribution in [0.4, 0.5) is 0 Å². The van der Waals surface area contributed by atoms with Crippen LogP contribution in [0.15, 0.2) is 48.5 Å². The van der Waals surface area contributed by atoms with Crippen molar-refractivity contribution in [1.29, 1.82) is 0 Å². The topological polar surface area (TPSA) is 82.1 Å². The third-order valence-electron chi connectivity index (χ3n) is 2.84. The van der Waals surface area contributed by atoms with Gasteiger partial charge in [-0.2, -0.15) is 0 Å². The van der Waals surface area contributed by atoms with Crippen molar-refractivity contribution in [2.45, 2.75) is 0 Å². The average molecular weight is 342 g/mol. The quantitative estimate of drug-likeness (QED) is 0.679. The molecule has 2 aromatic rings. The first-order chi connectivity index (χ1) is 12.0. The van der Waals surface area contributed by atoms with Crippen LogP contribution in [0.25, 0.3) is 0 Å². The summed E-state index contributed by atoms with van der Waals surface area (Å²) in [6.07, 6.45) is 5.03. The van der Waals surface area contributed by atoms with Crippen LogP contribution in [0.2, 0.25) is 0 Å². The third kappa shape index (κ3) is 6.67. The monoisotopic (exact) mass is 342 g/mol. The van der Waals surface area contributed by atoms with Crippen LogP contribution in [-0.4, -0.2) is 37.9 Å².